The van der Waals surface area contributed by atoms with Crippen molar-refractivity contribution in [2.75, 3.05) is 25.0 Å². The molecule has 0 fully saturated rings. The van der Waals surface area contributed by atoms with Crippen LogP contribution in [0, 0.1) is 6.92 Å². The predicted molar refractivity (Wildman–Crippen MR) is 66.8 cm³/mol. The van der Waals surface area contributed by atoms with Crippen LogP contribution in [0.15, 0.2) is 28.9 Å². The molecule has 5 heteroatoms. The summed E-state index contributed by atoms with van der Waals surface area (Å²) in [6.07, 6.45) is 3.52. The van der Waals surface area contributed by atoms with Crippen molar-refractivity contribution in [2.45, 2.75) is 6.92 Å². The van der Waals surface area contributed by atoms with E-state index in [1.165, 1.54) is 0 Å². The van der Waals surface area contributed by atoms with Crippen molar-refractivity contribution in [3.05, 3.63) is 30.3 Å². The number of rotatable bonds is 4. The number of furan rings is 1. The third-order valence-electron chi connectivity index (χ3n) is 2.47. The molecular formula is C12H16N4O. The van der Waals surface area contributed by atoms with E-state index < -0.39 is 0 Å². The second-order valence-corrected chi connectivity index (χ2v) is 3.89. The zero-order valence-corrected chi connectivity index (χ0v) is 10.1. The van der Waals surface area contributed by atoms with Crippen LogP contribution in [0.3, 0.4) is 0 Å². The Labute approximate surface area is 100 Å². The summed E-state index contributed by atoms with van der Waals surface area (Å²) >= 11 is 0. The number of hydrogen-bond acceptors (Lipinski definition) is 5. The van der Waals surface area contributed by atoms with Crippen LogP contribution in [-0.4, -0.2) is 30.1 Å². The molecule has 0 bridgehead atoms. The van der Waals surface area contributed by atoms with E-state index >= 15 is 0 Å². The number of aryl methyl sites for hydroxylation is 1. The average Bonchev–Trinajstić information content (AvgIpc) is 2.76. The molecule has 0 amide bonds. The lowest BCUT2D eigenvalue weighted by atomic mass is 10.3. The molecule has 0 spiro atoms. The number of anilines is 1. The lowest BCUT2D eigenvalue weighted by molar-refractivity contribution is 0.548. The maximum Gasteiger partial charge on any atom is 0.225 e. The fourth-order valence-corrected chi connectivity index (χ4v) is 1.53. The second kappa shape index (κ2) is 4.97. The minimum Gasteiger partial charge on any atom is -0.461 e. The minimum atomic E-state index is 0.582. The Morgan fingerprint density at radius 1 is 1.29 bits per heavy atom. The summed E-state index contributed by atoms with van der Waals surface area (Å²) in [5.41, 5.74) is 6.36. The van der Waals surface area contributed by atoms with Crippen LogP contribution in [0.1, 0.15) is 5.76 Å². The molecule has 0 saturated carbocycles. The van der Waals surface area contributed by atoms with Gasteiger partial charge in [0, 0.05) is 32.5 Å². The standard InChI is InChI=1S/C12H16N4O/c1-9-3-4-11(17-9)10-7-14-12(15-8-10)16(2)6-5-13/h3-4,7-8H,5-6,13H2,1-2H3. The van der Waals surface area contributed by atoms with E-state index in [9.17, 15) is 0 Å². The van der Waals surface area contributed by atoms with Crippen LogP contribution in [-0.2, 0) is 0 Å². The van der Waals surface area contributed by atoms with Crippen LogP contribution in [0.25, 0.3) is 11.3 Å². The Morgan fingerprint density at radius 2 is 2.00 bits per heavy atom. The fourth-order valence-electron chi connectivity index (χ4n) is 1.53. The molecule has 2 aromatic rings. The number of aromatic nitrogens is 2. The highest BCUT2D eigenvalue weighted by molar-refractivity contribution is 5.55. The van der Waals surface area contributed by atoms with Crippen LogP contribution in [0.2, 0.25) is 0 Å². The highest BCUT2D eigenvalue weighted by Crippen LogP contribution is 2.20. The number of hydrogen-bond donors (Lipinski definition) is 1. The summed E-state index contributed by atoms with van der Waals surface area (Å²) in [6.45, 7) is 3.23. The van der Waals surface area contributed by atoms with E-state index in [4.69, 9.17) is 10.2 Å². The van der Waals surface area contributed by atoms with Gasteiger partial charge in [0.05, 0.1) is 5.56 Å². The van der Waals surface area contributed by atoms with Gasteiger partial charge in [0.2, 0.25) is 5.95 Å². The van der Waals surface area contributed by atoms with Gasteiger partial charge in [-0.25, -0.2) is 9.97 Å². The Kier molecular flexibility index (Phi) is 3.39. The molecule has 0 unspecified atom stereocenters. The van der Waals surface area contributed by atoms with Gasteiger partial charge in [-0.05, 0) is 19.1 Å². The van der Waals surface area contributed by atoms with Crippen LogP contribution in [0.4, 0.5) is 5.95 Å². The maximum absolute atomic E-state index is 5.50. The predicted octanol–water partition coefficient (Wildman–Crippen LogP) is 1.44. The normalized spacial score (nSPS) is 10.5. The van der Waals surface area contributed by atoms with Crippen molar-refractivity contribution in [1.82, 2.24) is 9.97 Å². The maximum atomic E-state index is 5.50. The molecule has 0 saturated heterocycles. The fraction of sp³-hybridized carbons (Fsp3) is 0.333. The number of nitrogens with zero attached hydrogens (tertiary/aromatic N) is 3. The zero-order chi connectivity index (χ0) is 12.3. The van der Waals surface area contributed by atoms with Gasteiger partial charge in [-0.3, -0.25) is 0 Å². The molecule has 2 N–H and O–H groups in total. The molecule has 17 heavy (non-hydrogen) atoms. The van der Waals surface area contributed by atoms with Crippen molar-refractivity contribution in [1.29, 1.82) is 0 Å². The van der Waals surface area contributed by atoms with E-state index in [0.717, 1.165) is 23.6 Å². The summed E-state index contributed by atoms with van der Waals surface area (Å²) in [6, 6.07) is 3.83. The van der Waals surface area contributed by atoms with E-state index in [0.29, 0.717) is 12.5 Å². The van der Waals surface area contributed by atoms with Gasteiger partial charge < -0.3 is 15.1 Å². The Bertz CT molecular complexity index is 478. The van der Waals surface area contributed by atoms with Crippen molar-refractivity contribution in [3.8, 4) is 11.3 Å². The van der Waals surface area contributed by atoms with Gasteiger partial charge in [0.1, 0.15) is 11.5 Å². The topological polar surface area (TPSA) is 68.2 Å². The van der Waals surface area contributed by atoms with Crippen LogP contribution in [0.5, 0.6) is 0 Å². The third kappa shape index (κ3) is 2.62. The largest absolute Gasteiger partial charge is 0.461 e. The summed E-state index contributed by atoms with van der Waals surface area (Å²) in [5.74, 6) is 2.34. The van der Waals surface area contributed by atoms with E-state index in [-0.39, 0.29) is 0 Å². The summed E-state index contributed by atoms with van der Waals surface area (Å²) in [7, 11) is 1.92. The minimum absolute atomic E-state index is 0.582. The van der Waals surface area contributed by atoms with Gasteiger partial charge in [-0.1, -0.05) is 0 Å². The van der Waals surface area contributed by atoms with E-state index in [1.807, 2.05) is 31.0 Å². The first-order valence-electron chi connectivity index (χ1n) is 5.51. The quantitative estimate of drug-likeness (QED) is 0.863. The molecule has 0 aliphatic carbocycles. The van der Waals surface area contributed by atoms with Gasteiger partial charge in [-0.2, -0.15) is 0 Å². The third-order valence-corrected chi connectivity index (χ3v) is 2.47. The molecule has 2 heterocycles. The smallest absolute Gasteiger partial charge is 0.225 e. The number of likely N-dealkylation sites (N-methyl/N-ethyl adjacent to an activating group) is 1. The second-order valence-electron chi connectivity index (χ2n) is 3.89. The Balaban J connectivity index is 2.18. The molecule has 0 aromatic carbocycles. The van der Waals surface area contributed by atoms with E-state index in [1.54, 1.807) is 12.4 Å². The molecule has 0 aliphatic heterocycles. The highest BCUT2D eigenvalue weighted by Gasteiger charge is 2.06. The van der Waals surface area contributed by atoms with Crippen LogP contribution >= 0.6 is 0 Å². The van der Waals surface area contributed by atoms with E-state index in [2.05, 4.69) is 9.97 Å². The molecule has 0 atom stereocenters. The average molecular weight is 232 g/mol. The van der Waals surface area contributed by atoms with Crippen LogP contribution < -0.4 is 10.6 Å². The molecule has 2 rings (SSSR count). The van der Waals surface area contributed by atoms with Gasteiger partial charge in [0.25, 0.3) is 0 Å². The lowest BCUT2D eigenvalue weighted by Gasteiger charge is -2.15. The number of nitrogens with two attached hydrogens (primary N) is 1. The van der Waals surface area contributed by atoms with Gasteiger partial charge >= 0.3 is 0 Å². The molecule has 0 radical (unpaired) electrons. The highest BCUT2D eigenvalue weighted by atomic mass is 16.3. The summed E-state index contributed by atoms with van der Waals surface area (Å²) in [5, 5.41) is 0. The zero-order valence-electron chi connectivity index (χ0n) is 10.1. The molecule has 90 valence electrons. The molecule has 2 aromatic heterocycles. The Hall–Kier alpha value is -1.88. The molecule has 5 nitrogen and oxygen atoms in total. The van der Waals surface area contributed by atoms with Crippen molar-refractivity contribution >= 4 is 5.95 Å². The molecular weight excluding hydrogens is 216 g/mol. The van der Waals surface area contributed by atoms with Crippen molar-refractivity contribution in [3.63, 3.8) is 0 Å². The van der Waals surface area contributed by atoms with Crippen molar-refractivity contribution in [2.24, 2.45) is 5.73 Å². The lowest BCUT2D eigenvalue weighted by Crippen LogP contribution is -2.26. The Morgan fingerprint density at radius 3 is 2.53 bits per heavy atom. The monoisotopic (exact) mass is 232 g/mol. The first kappa shape index (κ1) is 11.6. The summed E-state index contributed by atoms with van der Waals surface area (Å²) < 4.78 is 5.50. The summed E-state index contributed by atoms with van der Waals surface area (Å²) in [4.78, 5) is 10.5. The SMILES string of the molecule is Cc1ccc(-c2cnc(N(C)CCN)nc2)o1. The first-order chi connectivity index (χ1) is 8.20. The molecule has 0 aliphatic rings. The first-order valence-corrected chi connectivity index (χ1v) is 5.51. The van der Waals surface area contributed by atoms with Gasteiger partial charge in [-0.15, -0.1) is 0 Å². The van der Waals surface area contributed by atoms with Crippen molar-refractivity contribution < 1.29 is 4.42 Å². The van der Waals surface area contributed by atoms with Gasteiger partial charge in [0.15, 0.2) is 0 Å².